The van der Waals surface area contributed by atoms with Crippen LogP contribution in [0.25, 0.3) is 0 Å². The third-order valence-electron chi connectivity index (χ3n) is 2.15. The summed E-state index contributed by atoms with van der Waals surface area (Å²) in [5.74, 6) is -0.288. The number of pyridine rings is 1. The van der Waals surface area contributed by atoms with Crippen LogP contribution >= 0.6 is 0 Å². The first kappa shape index (κ1) is 14.1. The SMILES string of the molecule is CC(N)CC(=O)NCCC(=O)Nc1ccncc1. The number of anilines is 1. The normalized spacial score (nSPS) is 11.7. The number of nitrogens with zero attached hydrogens (tertiary/aromatic N) is 1. The Morgan fingerprint density at radius 1 is 1.33 bits per heavy atom. The fraction of sp³-hybridized carbons (Fsp3) is 0.417. The van der Waals surface area contributed by atoms with Gasteiger partial charge in [0.2, 0.25) is 11.8 Å². The highest BCUT2D eigenvalue weighted by atomic mass is 16.2. The standard InChI is InChI=1S/C12H18N4O2/c1-9(13)8-12(18)15-7-4-11(17)16-10-2-5-14-6-3-10/h2-3,5-6,9H,4,7-8,13H2,1H3,(H,15,18)(H,14,16,17). The van der Waals surface area contributed by atoms with Crippen LogP contribution in [0, 0.1) is 0 Å². The molecular weight excluding hydrogens is 232 g/mol. The minimum Gasteiger partial charge on any atom is -0.356 e. The van der Waals surface area contributed by atoms with Crippen LogP contribution in [-0.4, -0.2) is 29.4 Å². The van der Waals surface area contributed by atoms with E-state index in [0.29, 0.717) is 12.2 Å². The number of nitrogens with one attached hydrogen (secondary N) is 2. The summed E-state index contributed by atoms with van der Waals surface area (Å²) in [6, 6.07) is 3.23. The summed E-state index contributed by atoms with van der Waals surface area (Å²) in [4.78, 5) is 26.6. The summed E-state index contributed by atoms with van der Waals surface area (Å²) in [6.07, 6.45) is 3.69. The fourth-order valence-corrected chi connectivity index (χ4v) is 1.34. The van der Waals surface area contributed by atoms with Crippen molar-refractivity contribution in [3.63, 3.8) is 0 Å². The van der Waals surface area contributed by atoms with Crippen molar-refractivity contribution in [1.29, 1.82) is 0 Å². The number of carbonyl (C=O) groups is 2. The minimum absolute atomic E-state index is 0.137. The number of nitrogens with two attached hydrogens (primary N) is 1. The van der Waals surface area contributed by atoms with E-state index in [1.54, 1.807) is 31.5 Å². The molecule has 1 unspecified atom stereocenters. The van der Waals surface area contributed by atoms with E-state index in [4.69, 9.17) is 5.73 Å². The monoisotopic (exact) mass is 250 g/mol. The molecule has 0 aliphatic rings. The van der Waals surface area contributed by atoms with Gasteiger partial charge < -0.3 is 16.4 Å². The molecule has 1 aromatic rings. The highest BCUT2D eigenvalue weighted by Crippen LogP contribution is 2.03. The molecule has 98 valence electrons. The lowest BCUT2D eigenvalue weighted by atomic mass is 10.2. The van der Waals surface area contributed by atoms with Crippen molar-refractivity contribution in [2.45, 2.75) is 25.8 Å². The van der Waals surface area contributed by atoms with Gasteiger partial charge in [-0.1, -0.05) is 0 Å². The number of carbonyl (C=O) groups excluding carboxylic acids is 2. The Labute approximate surface area is 106 Å². The van der Waals surface area contributed by atoms with Gasteiger partial charge in [0.25, 0.3) is 0 Å². The van der Waals surface area contributed by atoms with Crippen molar-refractivity contribution >= 4 is 17.5 Å². The topological polar surface area (TPSA) is 97.1 Å². The number of aromatic nitrogens is 1. The lowest BCUT2D eigenvalue weighted by molar-refractivity contribution is -0.121. The summed E-state index contributed by atoms with van der Waals surface area (Å²) in [6.45, 7) is 2.07. The van der Waals surface area contributed by atoms with Gasteiger partial charge in [-0.15, -0.1) is 0 Å². The summed E-state index contributed by atoms with van der Waals surface area (Å²) < 4.78 is 0. The molecule has 1 aromatic heterocycles. The number of hydrogen-bond acceptors (Lipinski definition) is 4. The average molecular weight is 250 g/mol. The van der Waals surface area contributed by atoms with Crippen LogP contribution in [0.5, 0.6) is 0 Å². The third-order valence-corrected chi connectivity index (χ3v) is 2.15. The zero-order chi connectivity index (χ0) is 13.4. The van der Waals surface area contributed by atoms with Gasteiger partial charge in [-0.25, -0.2) is 0 Å². The fourth-order valence-electron chi connectivity index (χ4n) is 1.34. The van der Waals surface area contributed by atoms with Crippen LogP contribution in [0.3, 0.4) is 0 Å². The molecule has 0 aliphatic carbocycles. The molecule has 0 radical (unpaired) electrons. The van der Waals surface area contributed by atoms with E-state index in [0.717, 1.165) is 0 Å². The molecule has 0 spiro atoms. The Bertz CT molecular complexity index is 392. The first-order valence-corrected chi connectivity index (χ1v) is 5.80. The van der Waals surface area contributed by atoms with Gasteiger partial charge >= 0.3 is 0 Å². The summed E-state index contributed by atoms with van der Waals surface area (Å²) in [5, 5.41) is 5.34. The van der Waals surface area contributed by atoms with Crippen molar-refractivity contribution in [3.8, 4) is 0 Å². The van der Waals surface area contributed by atoms with Crippen LogP contribution in [0.1, 0.15) is 19.8 Å². The van der Waals surface area contributed by atoms with E-state index >= 15 is 0 Å². The number of amides is 2. The molecule has 0 bridgehead atoms. The first-order valence-electron chi connectivity index (χ1n) is 5.80. The third kappa shape index (κ3) is 5.95. The Hall–Kier alpha value is -1.95. The van der Waals surface area contributed by atoms with Crippen molar-refractivity contribution in [1.82, 2.24) is 10.3 Å². The lowest BCUT2D eigenvalue weighted by Crippen LogP contribution is -2.32. The van der Waals surface area contributed by atoms with Crippen LogP contribution in [0.15, 0.2) is 24.5 Å². The molecule has 2 amide bonds. The molecule has 1 atom stereocenters. The zero-order valence-corrected chi connectivity index (χ0v) is 10.3. The smallest absolute Gasteiger partial charge is 0.226 e. The van der Waals surface area contributed by atoms with Gasteiger partial charge in [-0.05, 0) is 19.1 Å². The molecule has 1 heterocycles. The number of rotatable bonds is 6. The molecular formula is C12H18N4O2. The molecule has 6 nitrogen and oxygen atoms in total. The highest BCUT2D eigenvalue weighted by Gasteiger charge is 2.06. The second-order valence-electron chi connectivity index (χ2n) is 4.07. The van der Waals surface area contributed by atoms with Gasteiger partial charge in [0.1, 0.15) is 0 Å². The zero-order valence-electron chi connectivity index (χ0n) is 10.3. The van der Waals surface area contributed by atoms with E-state index in [2.05, 4.69) is 15.6 Å². The van der Waals surface area contributed by atoms with Crippen molar-refractivity contribution in [3.05, 3.63) is 24.5 Å². The Balaban J connectivity index is 2.20. The highest BCUT2D eigenvalue weighted by molar-refractivity contribution is 5.91. The summed E-state index contributed by atoms with van der Waals surface area (Å²) in [5.41, 5.74) is 6.17. The maximum atomic E-state index is 11.5. The second kappa shape index (κ2) is 7.39. The van der Waals surface area contributed by atoms with E-state index in [9.17, 15) is 9.59 Å². The van der Waals surface area contributed by atoms with Crippen molar-refractivity contribution in [2.75, 3.05) is 11.9 Å². The van der Waals surface area contributed by atoms with Gasteiger partial charge in [0, 0.05) is 43.5 Å². The van der Waals surface area contributed by atoms with Gasteiger partial charge in [0.05, 0.1) is 0 Å². The Kier molecular flexibility index (Phi) is 5.79. The van der Waals surface area contributed by atoms with Crippen LogP contribution in [-0.2, 0) is 9.59 Å². The Morgan fingerprint density at radius 2 is 2.00 bits per heavy atom. The minimum atomic E-state index is -0.171. The second-order valence-corrected chi connectivity index (χ2v) is 4.07. The predicted octanol–water partition coefficient (Wildman–Crippen LogP) is 0.264. The Morgan fingerprint density at radius 3 is 2.61 bits per heavy atom. The maximum absolute atomic E-state index is 11.5. The number of hydrogen-bond donors (Lipinski definition) is 3. The van der Waals surface area contributed by atoms with Gasteiger partial charge in [-0.3, -0.25) is 14.6 Å². The van der Waals surface area contributed by atoms with E-state index in [1.807, 2.05) is 0 Å². The molecule has 4 N–H and O–H groups in total. The van der Waals surface area contributed by atoms with E-state index < -0.39 is 0 Å². The summed E-state index contributed by atoms with van der Waals surface area (Å²) >= 11 is 0. The van der Waals surface area contributed by atoms with Crippen molar-refractivity contribution in [2.24, 2.45) is 5.73 Å². The quantitative estimate of drug-likeness (QED) is 0.674. The predicted molar refractivity (Wildman–Crippen MR) is 68.8 cm³/mol. The van der Waals surface area contributed by atoms with Gasteiger partial charge in [0.15, 0.2) is 0 Å². The molecule has 6 heteroatoms. The first-order chi connectivity index (χ1) is 8.58. The van der Waals surface area contributed by atoms with Crippen LogP contribution in [0.4, 0.5) is 5.69 Å². The molecule has 0 saturated heterocycles. The molecule has 18 heavy (non-hydrogen) atoms. The maximum Gasteiger partial charge on any atom is 0.226 e. The molecule has 0 fully saturated rings. The van der Waals surface area contributed by atoms with Crippen LogP contribution < -0.4 is 16.4 Å². The largest absolute Gasteiger partial charge is 0.356 e. The molecule has 0 saturated carbocycles. The van der Waals surface area contributed by atoms with Gasteiger partial charge in [-0.2, -0.15) is 0 Å². The van der Waals surface area contributed by atoms with Crippen molar-refractivity contribution < 1.29 is 9.59 Å². The average Bonchev–Trinajstić information content (AvgIpc) is 2.29. The molecule has 1 rings (SSSR count). The molecule has 0 aliphatic heterocycles. The molecule has 0 aromatic carbocycles. The lowest BCUT2D eigenvalue weighted by Gasteiger charge is -2.07. The van der Waals surface area contributed by atoms with E-state index in [1.165, 1.54) is 0 Å². The summed E-state index contributed by atoms with van der Waals surface area (Å²) in [7, 11) is 0. The van der Waals surface area contributed by atoms with E-state index in [-0.39, 0.29) is 30.7 Å². The van der Waals surface area contributed by atoms with Crippen LogP contribution in [0.2, 0.25) is 0 Å².